The first-order valence-corrected chi connectivity index (χ1v) is 10.8. The van der Waals surface area contributed by atoms with Crippen molar-refractivity contribution in [2.75, 3.05) is 13.1 Å². The number of pyridine rings is 1. The molecule has 1 atom stereocenters. The lowest BCUT2D eigenvalue weighted by Crippen LogP contribution is -2.39. The highest BCUT2D eigenvalue weighted by molar-refractivity contribution is 7.89. The minimum Gasteiger partial charge on any atom is -0.420 e. The van der Waals surface area contributed by atoms with Gasteiger partial charge in [-0.3, -0.25) is 4.98 Å². The fraction of sp³-hybridized carbons (Fsp3) is 0.350. The highest BCUT2D eigenvalue weighted by Crippen LogP contribution is 2.64. The first-order chi connectivity index (χ1) is 13.6. The second kappa shape index (κ2) is 6.49. The number of rotatable bonds is 4. The number of piperidine rings is 1. The van der Waals surface area contributed by atoms with E-state index in [4.69, 9.17) is 4.42 Å². The number of nitrogens with zero attached hydrogens (tertiary/aromatic N) is 4. The largest absolute Gasteiger partial charge is 0.420 e. The molecule has 5 rings (SSSR count). The highest BCUT2D eigenvalue weighted by atomic mass is 32.2. The van der Waals surface area contributed by atoms with Gasteiger partial charge in [0, 0.05) is 37.0 Å². The molecule has 1 saturated heterocycles. The van der Waals surface area contributed by atoms with Crippen molar-refractivity contribution in [1.29, 1.82) is 0 Å². The molecule has 2 fully saturated rings. The molecular weight excluding hydrogens is 376 g/mol. The van der Waals surface area contributed by atoms with Crippen LogP contribution in [-0.2, 0) is 10.0 Å². The Morgan fingerprint density at radius 3 is 2.54 bits per heavy atom. The number of hydrogen-bond donors (Lipinski definition) is 0. The minimum absolute atomic E-state index is 0.0848. The predicted molar refractivity (Wildman–Crippen MR) is 102 cm³/mol. The SMILES string of the molecule is O=S(=O)(c1cccnc1)N1CCC2(CC1)C[C@@H]2c1nnc(-c2ccccc2)o1. The lowest BCUT2D eigenvalue weighted by atomic mass is 9.92. The van der Waals surface area contributed by atoms with E-state index < -0.39 is 10.0 Å². The lowest BCUT2D eigenvalue weighted by Gasteiger charge is -2.31. The van der Waals surface area contributed by atoms with Crippen LogP contribution in [0, 0.1) is 5.41 Å². The fourth-order valence-corrected chi connectivity index (χ4v) is 5.55. The molecule has 8 heteroatoms. The van der Waals surface area contributed by atoms with Gasteiger partial charge in [-0.1, -0.05) is 18.2 Å². The Hall–Kier alpha value is -2.58. The molecule has 0 unspecified atom stereocenters. The van der Waals surface area contributed by atoms with E-state index in [0.29, 0.717) is 24.9 Å². The van der Waals surface area contributed by atoms with Gasteiger partial charge >= 0.3 is 0 Å². The molecular formula is C20H20N4O3S. The summed E-state index contributed by atoms with van der Waals surface area (Å²) in [6.07, 6.45) is 5.57. The van der Waals surface area contributed by atoms with Gasteiger partial charge < -0.3 is 4.42 Å². The Morgan fingerprint density at radius 2 is 1.82 bits per heavy atom. The van der Waals surface area contributed by atoms with Crippen molar-refractivity contribution in [2.24, 2.45) is 5.41 Å². The van der Waals surface area contributed by atoms with E-state index in [9.17, 15) is 8.42 Å². The molecule has 2 aromatic heterocycles. The molecule has 1 spiro atoms. The first-order valence-electron chi connectivity index (χ1n) is 9.38. The van der Waals surface area contributed by atoms with E-state index in [2.05, 4.69) is 15.2 Å². The maximum Gasteiger partial charge on any atom is 0.247 e. The van der Waals surface area contributed by atoms with Crippen LogP contribution in [0.3, 0.4) is 0 Å². The van der Waals surface area contributed by atoms with Crippen LogP contribution in [0.2, 0.25) is 0 Å². The standard InChI is InChI=1S/C20H20N4O3S/c25-28(26,16-7-4-10-21-14-16)24-11-8-20(9-12-24)13-17(20)19-23-22-18(27-19)15-5-2-1-3-6-15/h1-7,10,14,17H,8-9,11-13H2/t17-/m1/s1. The summed E-state index contributed by atoms with van der Waals surface area (Å²) >= 11 is 0. The Kier molecular flexibility index (Phi) is 4.06. The molecule has 2 aliphatic rings. The van der Waals surface area contributed by atoms with Crippen molar-refractivity contribution in [3.8, 4) is 11.5 Å². The molecule has 0 N–H and O–H groups in total. The van der Waals surface area contributed by atoms with E-state index in [0.717, 1.165) is 24.8 Å². The average Bonchev–Trinajstić information content (AvgIpc) is 3.21. The predicted octanol–water partition coefficient (Wildman–Crippen LogP) is 3.09. The summed E-state index contributed by atoms with van der Waals surface area (Å²) in [5, 5.41) is 8.45. The summed E-state index contributed by atoms with van der Waals surface area (Å²) in [5.41, 5.74) is 0.995. The molecule has 1 aliphatic carbocycles. The van der Waals surface area contributed by atoms with E-state index in [-0.39, 0.29) is 16.2 Å². The first kappa shape index (κ1) is 17.5. The van der Waals surface area contributed by atoms with E-state index in [1.54, 1.807) is 22.6 Å². The zero-order chi connectivity index (χ0) is 19.2. The van der Waals surface area contributed by atoms with Crippen LogP contribution in [-0.4, -0.2) is 41.0 Å². The van der Waals surface area contributed by atoms with Crippen LogP contribution in [0.5, 0.6) is 0 Å². The third-order valence-electron chi connectivity index (χ3n) is 5.94. The highest BCUT2D eigenvalue weighted by Gasteiger charge is 2.58. The van der Waals surface area contributed by atoms with E-state index >= 15 is 0 Å². The molecule has 1 saturated carbocycles. The van der Waals surface area contributed by atoms with Gasteiger partial charge in [0.25, 0.3) is 0 Å². The van der Waals surface area contributed by atoms with Crippen molar-refractivity contribution in [3.05, 3.63) is 60.7 Å². The number of hydrogen-bond acceptors (Lipinski definition) is 6. The second-order valence-corrected chi connectivity index (χ2v) is 9.46. The monoisotopic (exact) mass is 396 g/mol. The Balaban J connectivity index is 1.28. The smallest absolute Gasteiger partial charge is 0.247 e. The topological polar surface area (TPSA) is 89.2 Å². The van der Waals surface area contributed by atoms with Gasteiger partial charge in [0.1, 0.15) is 4.90 Å². The van der Waals surface area contributed by atoms with Crippen LogP contribution < -0.4 is 0 Å². The molecule has 1 aliphatic heterocycles. The van der Waals surface area contributed by atoms with Crippen molar-refractivity contribution < 1.29 is 12.8 Å². The summed E-state index contributed by atoms with van der Waals surface area (Å²) in [6.45, 7) is 1.01. The van der Waals surface area contributed by atoms with Crippen LogP contribution in [0.15, 0.2) is 64.2 Å². The average molecular weight is 396 g/mol. The molecule has 28 heavy (non-hydrogen) atoms. The van der Waals surface area contributed by atoms with Gasteiger partial charge in [-0.25, -0.2) is 8.42 Å². The summed E-state index contributed by atoms with van der Waals surface area (Å²) in [4.78, 5) is 4.18. The van der Waals surface area contributed by atoms with Crippen LogP contribution in [0.4, 0.5) is 0 Å². The lowest BCUT2D eigenvalue weighted by molar-refractivity contribution is 0.246. The molecule has 0 bridgehead atoms. The van der Waals surface area contributed by atoms with Crippen LogP contribution in [0.25, 0.3) is 11.5 Å². The normalized spacial score (nSPS) is 21.6. The van der Waals surface area contributed by atoms with E-state index in [1.807, 2.05) is 30.3 Å². The summed E-state index contributed by atoms with van der Waals surface area (Å²) in [7, 11) is -3.48. The molecule has 3 heterocycles. The minimum atomic E-state index is -3.48. The zero-order valence-electron chi connectivity index (χ0n) is 15.2. The van der Waals surface area contributed by atoms with Gasteiger partial charge in [-0.05, 0) is 48.9 Å². The molecule has 3 aromatic rings. The van der Waals surface area contributed by atoms with Crippen molar-refractivity contribution >= 4 is 10.0 Å². The number of sulfonamides is 1. The van der Waals surface area contributed by atoms with Gasteiger partial charge in [0.15, 0.2) is 0 Å². The van der Waals surface area contributed by atoms with Gasteiger partial charge in [-0.2, -0.15) is 4.31 Å². The summed E-state index contributed by atoms with van der Waals surface area (Å²) in [5.74, 6) is 1.43. The van der Waals surface area contributed by atoms with Crippen LogP contribution in [0.1, 0.15) is 31.1 Å². The molecule has 7 nitrogen and oxygen atoms in total. The summed E-state index contributed by atoms with van der Waals surface area (Å²) in [6, 6.07) is 13.0. The third kappa shape index (κ3) is 2.93. The van der Waals surface area contributed by atoms with Gasteiger partial charge in [0.2, 0.25) is 21.8 Å². The van der Waals surface area contributed by atoms with Crippen molar-refractivity contribution in [2.45, 2.75) is 30.1 Å². The van der Waals surface area contributed by atoms with Gasteiger partial charge in [-0.15, -0.1) is 10.2 Å². The third-order valence-corrected chi connectivity index (χ3v) is 7.82. The second-order valence-electron chi connectivity index (χ2n) is 7.52. The maximum absolute atomic E-state index is 12.8. The fourth-order valence-electron chi connectivity index (χ4n) is 4.14. The Morgan fingerprint density at radius 1 is 1.04 bits per heavy atom. The number of aromatic nitrogens is 3. The molecule has 0 amide bonds. The quantitative estimate of drug-likeness (QED) is 0.673. The summed E-state index contributed by atoms with van der Waals surface area (Å²) < 4.78 is 33.0. The van der Waals surface area contributed by atoms with Crippen LogP contribution >= 0.6 is 0 Å². The van der Waals surface area contributed by atoms with Crippen molar-refractivity contribution in [3.63, 3.8) is 0 Å². The zero-order valence-corrected chi connectivity index (χ0v) is 16.0. The molecule has 1 aromatic carbocycles. The molecule has 144 valence electrons. The Bertz CT molecular complexity index is 1070. The van der Waals surface area contributed by atoms with E-state index in [1.165, 1.54) is 6.20 Å². The maximum atomic E-state index is 12.8. The van der Waals surface area contributed by atoms with Gasteiger partial charge in [0.05, 0.1) is 0 Å². The number of benzene rings is 1. The Labute approximate surface area is 163 Å². The molecule has 0 radical (unpaired) electrons. The van der Waals surface area contributed by atoms with Crippen molar-refractivity contribution in [1.82, 2.24) is 19.5 Å².